The van der Waals surface area contributed by atoms with Crippen molar-refractivity contribution in [3.63, 3.8) is 0 Å². The molecule has 0 aromatic heterocycles. The third-order valence-corrected chi connectivity index (χ3v) is 2.80. The Morgan fingerprint density at radius 1 is 1.14 bits per heavy atom. The topological polar surface area (TPSA) is 9.23 Å². The predicted molar refractivity (Wildman–Crippen MR) is 60.1 cm³/mol. The summed E-state index contributed by atoms with van der Waals surface area (Å²) in [4.78, 5) is 0. The molecule has 0 bridgehead atoms. The average Bonchev–Trinajstić information content (AvgIpc) is 2.26. The molecule has 0 amide bonds. The Morgan fingerprint density at radius 3 is 2.36 bits per heavy atom. The zero-order valence-electron chi connectivity index (χ0n) is 9.36. The maximum absolute atomic E-state index is 5.78. The van der Waals surface area contributed by atoms with Crippen molar-refractivity contribution in [1.29, 1.82) is 0 Å². The zero-order valence-corrected chi connectivity index (χ0v) is 9.36. The van der Waals surface area contributed by atoms with E-state index in [0.29, 0.717) is 12.0 Å². The van der Waals surface area contributed by atoms with Gasteiger partial charge in [-0.15, -0.1) is 0 Å². The van der Waals surface area contributed by atoms with Gasteiger partial charge in [-0.25, -0.2) is 0 Å². The molecular formula is C13H20O. The lowest BCUT2D eigenvalue weighted by atomic mass is 10.0. The van der Waals surface area contributed by atoms with E-state index in [-0.39, 0.29) is 0 Å². The molecule has 0 spiro atoms. The van der Waals surface area contributed by atoms with Crippen molar-refractivity contribution in [2.24, 2.45) is 5.92 Å². The van der Waals surface area contributed by atoms with Crippen LogP contribution in [0.1, 0.15) is 32.8 Å². The van der Waals surface area contributed by atoms with E-state index in [9.17, 15) is 0 Å². The van der Waals surface area contributed by atoms with Gasteiger partial charge in [0.05, 0.1) is 12.7 Å². The van der Waals surface area contributed by atoms with E-state index in [0.717, 1.165) is 6.61 Å². The number of benzene rings is 1. The minimum Gasteiger partial charge on any atom is -0.374 e. The van der Waals surface area contributed by atoms with Crippen molar-refractivity contribution >= 4 is 0 Å². The molecule has 1 aromatic rings. The molecule has 2 atom stereocenters. The van der Waals surface area contributed by atoms with Gasteiger partial charge in [-0.2, -0.15) is 0 Å². The summed E-state index contributed by atoms with van der Waals surface area (Å²) in [5.41, 5.74) is 1.25. The quantitative estimate of drug-likeness (QED) is 0.692. The van der Waals surface area contributed by atoms with E-state index in [1.54, 1.807) is 0 Å². The van der Waals surface area contributed by atoms with E-state index in [1.807, 2.05) is 18.2 Å². The van der Waals surface area contributed by atoms with Gasteiger partial charge in [-0.05, 0) is 18.4 Å². The monoisotopic (exact) mass is 192 g/mol. The summed E-state index contributed by atoms with van der Waals surface area (Å²) < 4.78 is 5.78. The summed E-state index contributed by atoms with van der Waals surface area (Å²) >= 11 is 0. The Balaban J connectivity index is 2.34. The molecule has 78 valence electrons. The van der Waals surface area contributed by atoms with Crippen LogP contribution < -0.4 is 0 Å². The van der Waals surface area contributed by atoms with Crippen LogP contribution in [0.15, 0.2) is 30.3 Å². The van der Waals surface area contributed by atoms with Gasteiger partial charge in [0.15, 0.2) is 0 Å². The second kappa shape index (κ2) is 5.82. The van der Waals surface area contributed by atoms with Gasteiger partial charge < -0.3 is 4.74 Å². The second-order valence-electron chi connectivity index (χ2n) is 3.89. The first-order chi connectivity index (χ1) is 6.74. The van der Waals surface area contributed by atoms with Gasteiger partial charge >= 0.3 is 0 Å². The molecular weight excluding hydrogens is 172 g/mol. The molecule has 0 radical (unpaired) electrons. The van der Waals surface area contributed by atoms with Crippen molar-refractivity contribution in [3.05, 3.63) is 35.9 Å². The first kappa shape index (κ1) is 11.3. The minimum atomic E-state index is 0.347. The fourth-order valence-electron chi connectivity index (χ4n) is 1.30. The Morgan fingerprint density at radius 2 is 1.79 bits per heavy atom. The largest absolute Gasteiger partial charge is 0.374 e. The minimum absolute atomic E-state index is 0.347. The van der Waals surface area contributed by atoms with Crippen molar-refractivity contribution in [2.45, 2.75) is 39.9 Å². The van der Waals surface area contributed by atoms with Crippen LogP contribution >= 0.6 is 0 Å². The van der Waals surface area contributed by atoms with Crippen molar-refractivity contribution in [3.8, 4) is 0 Å². The Labute approximate surface area is 87.1 Å². The smallest absolute Gasteiger partial charge is 0.0720 e. The fraction of sp³-hybridized carbons (Fsp3) is 0.538. The highest BCUT2D eigenvalue weighted by atomic mass is 16.5. The van der Waals surface area contributed by atoms with Gasteiger partial charge in [0.2, 0.25) is 0 Å². The van der Waals surface area contributed by atoms with Crippen LogP contribution in [-0.2, 0) is 11.3 Å². The SMILES string of the molecule is CCC(C)C(C)OCc1ccccc1. The van der Waals surface area contributed by atoms with Gasteiger partial charge in [-0.1, -0.05) is 50.6 Å². The Kier molecular flexibility index (Phi) is 4.68. The average molecular weight is 192 g/mol. The summed E-state index contributed by atoms with van der Waals surface area (Å²) in [5, 5.41) is 0. The second-order valence-corrected chi connectivity index (χ2v) is 3.89. The standard InChI is InChI=1S/C13H20O/c1-4-11(2)12(3)14-10-13-8-6-5-7-9-13/h5-9,11-12H,4,10H2,1-3H3. The van der Waals surface area contributed by atoms with Crippen LogP contribution in [-0.4, -0.2) is 6.10 Å². The van der Waals surface area contributed by atoms with E-state index < -0.39 is 0 Å². The van der Waals surface area contributed by atoms with Crippen LogP contribution in [0.4, 0.5) is 0 Å². The molecule has 0 fully saturated rings. The molecule has 0 aliphatic carbocycles. The number of hydrogen-bond donors (Lipinski definition) is 0. The van der Waals surface area contributed by atoms with Gasteiger partial charge in [0, 0.05) is 0 Å². The van der Waals surface area contributed by atoms with Gasteiger partial charge in [0.1, 0.15) is 0 Å². The van der Waals surface area contributed by atoms with Crippen LogP contribution in [0.25, 0.3) is 0 Å². The third kappa shape index (κ3) is 3.51. The fourth-order valence-corrected chi connectivity index (χ4v) is 1.30. The van der Waals surface area contributed by atoms with Crippen LogP contribution in [0.2, 0.25) is 0 Å². The molecule has 2 unspecified atom stereocenters. The van der Waals surface area contributed by atoms with Crippen LogP contribution in [0, 0.1) is 5.92 Å². The lowest BCUT2D eigenvalue weighted by Crippen LogP contribution is -2.17. The van der Waals surface area contributed by atoms with Crippen LogP contribution in [0.5, 0.6) is 0 Å². The predicted octanol–water partition coefficient (Wildman–Crippen LogP) is 3.64. The molecule has 1 aromatic carbocycles. The maximum Gasteiger partial charge on any atom is 0.0720 e. The molecule has 14 heavy (non-hydrogen) atoms. The van der Waals surface area contributed by atoms with E-state index >= 15 is 0 Å². The molecule has 0 N–H and O–H groups in total. The summed E-state index contributed by atoms with van der Waals surface area (Å²) in [7, 11) is 0. The van der Waals surface area contributed by atoms with E-state index in [4.69, 9.17) is 4.74 Å². The molecule has 1 rings (SSSR count). The molecule has 0 aliphatic rings. The molecule has 1 nitrogen and oxygen atoms in total. The van der Waals surface area contributed by atoms with Crippen LogP contribution in [0.3, 0.4) is 0 Å². The summed E-state index contributed by atoms with van der Waals surface area (Å²) in [6.07, 6.45) is 1.52. The Bertz CT molecular complexity index is 243. The molecule has 1 heteroatoms. The van der Waals surface area contributed by atoms with Crippen molar-refractivity contribution in [2.75, 3.05) is 0 Å². The molecule has 0 heterocycles. The first-order valence-electron chi connectivity index (χ1n) is 5.39. The first-order valence-corrected chi connectivity index (χ1v) is 5.39. The van der Waals surface area contributed by atoms with Gasteiger partial charge in [0.25, 0.3) is 0 Å². The maximum atomic E-state index is 5.78. The summed E-state index contributed by atoms with van der Waals surface area (Å²) in [6.45, 7) is 7.31. The van der Waals surface area contributed by atoms with Crippen molar-refractivity contribution < 1.29 is 4.74 Å². The van der Waals surface area contributed by atoms with E-state index in [2.05, 4.69) is 32.9 Å². The highest BCUT2D eigenvalue weighted by Crippen LogP contribution is 2.12. The zero-order chi connectivity index (χ0) is 10.4. The Hall–Kier alpha value is -0.820. The third-order valence-electron chi connectivity index (χ3n) is 2.80. The lowest BCUT2D eigenvalue weighted by molar-refractivity contribution is 0.0174. The normalized spacial score (nSPS) is 15.1. The molecule has 0 aliphatic heterocycles. The van der Waals surface area contributed by atoms with Crippen molar-refractivity contribution in [1.82, 2.24) is 0 Å². The number of hydrogen-bond acceptors (Lipinski definition) is 1. The number of rotatable bonds is 5. The van der Waals surface area contributed by atoms with Gasteiger partial charge in [-0.3, -0.25) is 0 Å². The highest BCUT2D eigenvalue weighted by molar-refractivity contribution is 5.13. The lowest BCUT2D eigenvalue weighted by Gasteiger charge is -2.18. The van der Waals surface area contributed by atoms with E-state index in [1.165, 1.54) is 12.0 Å². The number of ether oxygens (including phenoxy) is 1. The molecule has 0 saturated carbocycles. The summed E-state index contributed by atoms with van der Waals surface area (Å²) in [6, 6.07) is 10.3. The summed E-state index contributed by atoms with van der Waals surface area (Å²) in [5.74, 6) is 0.638. The highest BCUT2D eigenvalue weighted by Gasteiger charge is 2.09. The molecule has 0 saturated heterocycles.